The number of hydrogen-bond donors (Lipinski definition) is 0. The largest absolute Gasteiger partial charge is 0.496 e. The number of amides is 1. The number of ether oxygens (including phenoxy) is 1. The second-order valence-corrected chi connectivity index (χ2v) is 6.06. The van der Waals surface area contributed by atoms with E-state index in [1.165, 1.54) is 11.0 Å². The molecule has 0 bridgehead atoms. The molecule has 0 aliphatic carbocycles. The average molecular weight is 351 g/mol. The minimum atomic E-state index is 0.0299. The number of hydrogen-bond acceptors (Lipinski definition) is 6. The lowest BCUT2D eigenvalue weighted by Crippen LogP contribution is -2.49. The second kappa shape index (κ2) is 7.59. The molecule has 24 heavy (non-hydrogen) atoms. The maximum atomic E-state index is 12.2. The smallest absolute Gasteiger partial charge is 0.244 e. The van der Waals surface area contributed by atoms with E-state index in [1.807, 2.05) is 23.1 Å². The molecule has 128 valence electrons. The van der Waals surface area contributed by atoms with Gasteiger partial charge in [-0.3, -0.25) is 9.69 Å². The molecular weight excluding hydrogens is 332 g/mol. The monoisotopic (exact) mass is 350 g/mol. The Morgan fingerprint density at radius 1 is 1.29 bits per heavy atom. The first kappa shape index (κ1) is 16.7. The van der Waals surface area contributed by atoms with Crippen LogP contribution in [-0.2, 0) is 17.9 Å². The van der Waals surface area contributed by atoms with Crippen LogP contribution in [0, 0.1) is 0 Å². The van der Waals surface area contributed by atoms with E-state index in [1.54, 1.807) is 7.11 Å². The van der Waals surface area contributed by atoms with E-state index in [4.69, 9.17) is 16.3 Å². The second-order valence-electron chi connectivity index (χ2n) is 5.62. The number of halogens is 1. The fraction of sp³-hybridized carbons (Fsp3) is 0.467. The van der Waals surface area contributed by atoms with Crippen molar-refractivity contribution in [2.75, 3.05) is 33.3 Å². The van der Waals surface area contributed by atoms with E-state index in [9.17, 15) is 4.79 Å². The van der Waals surface area contributed by atoms with Crippen molar-refractivity contribution in [3.05, 3.63) is 35.1 Å². The predicted molar refractivity (Wildman–Crippen MR) is 87.7 cm³/mol. The molecule has 0 N–H and O–H groups in total. The molecule has 8 nitrogen and oxygen atoms in total. The van der Waals surface area contributed by atoms with Gasteiger partial charge < -0.3 is 9.64 Å². The molecule has 1 fully saturated rings. The average Bonchev–Trinajstić information content (AvgIpc) is 3.09. The minimum Gasteiger partial charge on any atom is -0.496 e. The van der Waals surface area contributed by atoms with Gasteiger partial charge in [-0.2, -0.15) is 0 Å². The first-order valence-electron chi connectivity index (χ1n) is 7.69. The zero-order chi connectivity index (χ0) is 16.9. The Labute approximate surface area is 144 Å². The summed E-state index contributed by atoms with van der Waals surface area (Å²) in [6.45, 7) is 3.90. The van der Waals surface area contributed by atoms with Crippen molar-refractivity contribution in [3.8, 4) is 5.75 Å². The van der Waals surface area contributed by atoms with Gasteiger partial charge >= 0.3 is 0 Å². The first-order valence-corrected chi connectivity index (χ1v) is 8.07. The number of carbonyl (C=O) groups is 1. The summed E-state index contributed by atoms with van der Waals surface area (Å²) < 4.78 is 6.82. The van der Waals surface area contributed by atoms with Crippen molar-refractivity contribution in [1.82, 2.24) is 30.0 Å². The molecule has 0 saturated carbocycles. The number of methoxy groups -OCH3 is 1. The Balaban J connectivity index is 1.54. The van der Waals surface area contributed by atoms with Crippen molar-refractivity contribution in [1.29, 1.82) is 0 Å². The number of piperazine rings is 1. The van der Waals surface area contributed by atoms with Gasteiger partial charge in [-0.15, -0.1) is 5.10 Å². The molecular formula is C15H19ClN6O2. The van der Waals surface area contributed by atoms with Gasteiger partial charge in [0.1, 0.15) is 18.6 Å². The summed E-state index contributed by atoms with van der Waals surface area (Å²) in [5.41, 5.74) is 1.05. The number of nitrogens with zero attached hydrogens (tertiary/aromatic N) is 6. The summed E-state index contributed by atoms with van der Waals surface area (Å²) in [4.78, 5) is 16.4. The van der Waals surface area contributed by atoms with Crippen LogP contribution in [0.15, 0.2) is 24.5 Å². The Morgan fingerprint density at radius 2 is 2.08 bits per heavy atom. The number of tetrazole rings is 1. The molecule has 2 aromatic rings. The maximum absolute atomic E-state index is 12.2. The van der Waals surface area contributed by atoms with Gasteiger partial charge in [0.15, 0.2) is 0 Å². The predicted octanol–water partition coefficient (Wildman–Crippen LogP) is 0.679. The maximum Gasteiger partial charge on any atom is 0.244 e. The van der Waals surface area contributed by atoms with Gasteiger partial charge in [0.25, 0.3) is 0 Å². The number of carbonyl (C=O) groups excluding carboxylic acids is 1. The lowest BCUT2D eigenvalue weighted by Gasteiger charge is -2.34. The van der Waals surface area contributed by atoms with Gasteiger partial charge in [-0.1, -0.05) is 11.6 Å². The number of benzene rings is 1. The molecule has 0 atom stereocenters. The lowest BCUT2D eigenvalue weighted by molar-refractivity contribution is -0.133. The summed E-state index contributed by atoms with van der Waals surface area (Å²) in [6.07, 6.45) is 1.44. The zero-order valence-corrected chi connectivity index (χ0v) is 14.2. The highest BCUT2D eigenvalue weighted by Gasteiger charge is 2.22. The van der Waals surface area contributed by atoms with E-state index in [0.29, 0.717) is 18.1 Å². The minimum absolute atomic E-state index is 0.0299. The topological polar surface area (TPSA) is 76.4 Å². The van der Waals surface area contributed by atoms with Gasteiger partial charge in [0.05, 0.1) is 7.11 Å². The van der Waals surface area contributed by atoms with Crippen LogP contribution in [0.1, 0.15) is 5.56 Å². The number of aromatic nitrogens is 4. The van der Waals surface area contributed by atoms with Crippen molar-refractivity contribution in [2.24, 2.45) is 0 Å². The molecule has 0 radical (unpaired) electrons. The fourth-order valence-electron chi connectivity index (χ4n) is 2.76. The SMILES string of the molecule is COc1ccc(Cl)cc1CN1CCN(C(=O)Cn2cnnn2)CC1. The third-order valence-electron chi connectivity index (χ3n) is 4.05. The molecule has 1 saturated heterocycles. The highest BCUT2D eigenvalue weighted by Crippen LogP contribution is 2.24. The van der Waals surface area contributed by atoms with Crippen LogP contribution < -0.4 is 4.74 Å². The third kappa shape index (κ3) is 4.01. The number of rotatable bonds is 5. The van der Waals surface area contributed by atoms with E-state index in [-0.39, 0.29) is 12.5 Å². The molecule has 0 spiro atoms. The zero-order valence-electron chi connectivity index (χ0n) is 13.4. The molecule has 1 aliphatic rings. The van der Waals surface area contributed by atoms with Crippen LogP contribution in [0.5, 0.6) is 5.75 Å². The van der Waals surface area contributed by atoms with Gasteiger partial charge in [0, 0.05) is 43.3 Å². The van der Waals surface area contributed by atoms with Crippen LogP contribution in [0.3, 0.4) is 0 Å². The van der Waals surface area contributed by atoms with Gasteiger partial charge in [-0.25, -0.2) is 4.68 Å². The van der Waals surface area contributed by atoms with Gasteiger partial charge in [0.2, 0.25) is 5.91 Å². The van der Waals surface area contributed by atoms with Crippen molar-refractivity contribution in [2.45, 2.75) is 13.1 Å². The summed E-state index contributed by atoms with van der Waals surface area (Å²) in [6, 6.07) is 5.62. The molecule has 1 aliphatic heterocycles. The van der Waals surface area contributed by atoms with Crippen molar-refractivity contribution < 1.29 is 9.53 Å². The molecule has 2 heterocycles. The summed E-state index contributed by atoms with van der Waals surface area (Å²) >= 11 is 6.08. The molecule has 9 heteroatoms. The summed E-state index contributed by atoms with van der Waals surface area (Å²) in [7, 11) is 1.66. The molecule has 0 unspecified atom stereocenters. The van der Waals surface area contributed by atoms with Crippen LogP contribution in [0.4, 0.5) is 0 Å². The van der Waals surface area contributed by atoms with E-state index < -0.39 is 0 Å². The Kier molecular flexibility index (Phi) is 5.27. The van der Waals surface area contributed by atoms with Gasteiger partial charge in [-0.05, 0) is 28.6 Å². The van der Waals surface area contributed by atoms with Crippen LogP contribution in [0.25, 0.3) is 0 Å². The molecule has 3 rings (SSSR count). The molecule has 1 aromatic carbocycles. The Hall–Kier alpha value is -2.19. The van der Waals surface area contributed by atoms with Crippen LogP contribution in [-0.4, -0.2) is 69.2 Å². The highest BCUT2D eigenvalue weighted by molar-refractivity contribution is 6.30. The lowest BCUT2D eigenvalue weighted by atomic mass is 10.1. The third-order valence-corrected chi connectivity index (χ3v) is 4.29. The quantitative estimate of drug-likeness (QED) is 0.789. The Morgan fingerprint density at radius 3 is 2.75 bits per heavy atom. The molecule has 1 aromatic heterocycles. The van der Waals surface area contributed by atoms with E-state index in [2.05, 4.69) is 20.4 Å². The van der Waals surface area contributed by atoms with Crippen LogP contribution in [0.2, 0.25) is 5.02 Å². The molecule has 1 amide bonds. The van der Waals surface area contributed by atoms with E-state index >= 15 is 0 Å². The van der Waals surface area contributed by atoms with E-state index in [0.717, 1.165) is 30.9 Å². The summed E-state index contributed by atoms with van der Waals surface area (Å²) in [5, 5.41) is 11.5. The fourth-order valence-corrected chi connectivity index (χ4v) is 2.95. The van der Waals surface area contributed by atoms with Crippen molar-refractivity contribution in [3.63, 3.8) is 0 Å². The first-order chi connectivity index (χ1) is 11.7. The summed E-state index contributed by atoms with van der Waals surface area (Å²) in [5.74, 6) is 0.860. The van der Waals surface area contributed by atoms with Crippen LogP contribution >= 0.6 is 11.6 Å². The van der Waals surface area contributed by atoms with Crippen molar-refractivity contribution >= 4 is 17.5 Å². The Bertz CT molecular complexity index is 685. The highest BCUT2D eigenvalue weighted by atomic mass is 35.5. The normalized spacial score (nSPS) is 15.5. The standard InChI is InChI=1S/C15H19ClN6O2/c1-24-14-3-2-13(16)8-12(14)9-20-4-6-21(7-5-20)15(23)10-22-11-17-18-19-22/h2-3,8,11H,4-7,9-10H2,1H3.